The molecular formula is C12H9F2IN2. The molecule has 0 aliphatic carbocycles. The number of nitrogens with one attached hydrogen (secondary N) is 1. The Labute approximate surface area is 111 Å². The second kappa shape index (κ2) is 4.87. The SMILES string of the molecule is Nc1ccc(F)c(F)c1Nc1ccc(I)cc1. The molecule has 0 amide bonds. The van der Waals surface area contributed by atoms with Crippen molar-refractivity contribution >= 4 is 39.7 Å². The Kier molecular flexibility index (Phi) is 3.46. The van der Waals surface area contributed by atoms with Crippen molar-refractivity contribution in [2.24, 2.45) is 0 Å². The van der Waals surface area contributed by atoms with E-state index in [-0.39, 0.29) is 11.4 Å². The maximum atomic E-state index is 13.5. The van der Waals surface area contributed by atoms with Crippen LogP contribution in [0.4, 0.5) is 25.8 Å². The molecule has 0 atom stereocenters. The van der Waals surface area contributed by atoms with Gasteiger partial charge < -0.3 is 11.1 Å². The molecule has 0 aliphatic rings. The molecule has 0 saturated carbocycles. The first-order chi connectivity index (χ1) is 8.08. The quantitative estimate of drug-likeness (QED) is 0.640. The van der Waals surface area contributed by atoms with Crippen LogP contribution in [0.5, 0.6) is 0 Å². The Balaban J connectivity index is 2.36. The molecule has 0 aliphatic heterocycles. The first kappa shape index (κ1) is 12.1. The maximum absolute atomic E-state index is 13.5. The molecule has 3 N–H and O–H groups in total. The van der Waals surface area contributed by atoms with Gasteiger partial charge in [0, 0.05) is 9.26 Å². The van der Waals surface area contributed by atoms with Gasteiger partial charge in [0.15, 0.2) is 11.6 Å². The summed E-state index contributed by atoms with van der Waals surface area (Å²) in [7, 11) is 0. The molecule has 0 saturated heterocycles. The van der Waals surface area contributed by atoms with Crippen molar-refractivity contribution in [2.45, 2.75) is 0 Å². The Hall–Kier alpha value is -1.37. The number of nitrogens with two attached hydrogens (primary N) is 1. The summed E-state index contributed by atoms with van der Waals surface area (Å²) < 4.78 is 27.6. The van der Waals surface area contributed by atoms with Crippen LogP contribution in [0.3, 0.4) is 0 Å². The van der Waals surface area contributed by atoms with Gasteiger partial charge in [0.05, 0.1) is 5.69 Å². The number of anilines is 3. The lowest BCUT2D eigenvalue weighted by atomic mass is 10.2. The third-order valence-electron chi connectivity index (χ3n) is 2.24. The van der Waals surface area contributed by atoms with E-state index in [1.807, 2.05) is 12.1 Å². The van der Waals surface area contributed by atoms with Crippen LogP contribution in [0.25, 0.3) is 0 Å². The Bertz CT molecular complexity index is 541. The molecule has 88 valence electrons. The highest BCUT2D eigenvalue weighted by Gasteiger charge is 2.11. The third-order valence-corrected chi connectivity index (χ3v) is 2.96. The fourth-order valence-electron chi connectivity index (χ4n) is 1.37. The lowest BCUT2D eigenvalue weighted by Crippen LogP contribution is -2.01. The van der Waals surface area contributed by atoms with Crippen LogP contribution in [-0.4, -0.2) is 0 Å². The molecule has 0 unspecified atom stereocenters. The van der Waals surface area contributed by atoms with Crippen molar-refractivity contribution in [2.75, 3.05) is 11.1 Å². The summed E-state index contributed by atoms with van der Waals surface area (Å²) in [6, 6.07) is 9.58. The van der Waals surface area contributed by atoms with Crippen molar-refractivity contribution in [1.82, 2.24) is 0 Å². The Morgan fingerprint density at radius 1 is 1.00 bits per heavy atom. The monoisotopic (exact) mass is 346 g/mol. The summed E-state index contributed by atoms with van der Waals surface area (Å²) in [5.74, 6) is -1.89. The van der Waals surface area contributed by atoms with Gasteiger partial charge in [-0.25, -0.2) is 8.78 Å². The maximum Gasteiger partial charge on any atom is 0.184 e. The predicted molar refractivity (Wildman–Crippen MR) is 73.2 cm³/mol. The third kappa shape index (κ3) is 2.66. The molecule has 17 heavy (non-hydrogen) atoms. The predicted octanol–water partition coefficient (Wildman–Crippen LogP) is 3.90. The minimum atomic E-state index is -0.969. The minimum absolute atomic E-state index is 0.0359. The van der Waals surface area contributed by atoms with Gasteiger partial charge in [-0.05, 0) is 59.0 Å². The van der Waals surface area contributed by atoms with E-state index in [0.29, 0.717) is 5.69 Å². The zero-order chi connectivity index (χ0) is 12.4. The summed E-state index contributed by atoms with van der Waals surface area (Å²) in [6.07, 6.45) is 0. The van der Waals surface area contributed by atoms with E-state index in [1.165, 1.54) is 6.07 Å². The average Bonchev–Trinajstić information content (AvgIpc) is 2.32. The molecule has 2 aromatic carbocycles. The van der Waals surface area contributed by atoms with Gasteiger partial charge in [-0.15, -0.1) is 0 Å². The van der Waals surface area contributed by atoms with Gasteiger partial charge in [0.25, 0.3) is 0 Å². The first-order valence-electron chi connectivity index (χ1n) is 4.84. The summed E-state index contributed by atoms with van der Waals surface area (Å²) in [6.45, 7) is 0. The van der Waals surface area contributed by atoms with Gasteiger partial charge in [-0.3, -0.25) is 0 Å². The fraction of sp³-hybridized carbons (Fsp3) is 0. The molecular weight excluding hydrogens is 337 g/mol. The minimum Gasteiger partial charge on any atom is -0.397 e. The average molecular weight is 346 g/mol. The molecule has 0 fully saturated rings. The normalized spacial score (nSPS) is 10.3. The lowest BCUT2D eigenvalue weighted by Gasteiger charge is -2.10. The zero-order valence-corrected chi connectivity index (χ0v) is 10.8. The zero-order valence-electron chi connectivity index (χ0n) is 8.68. The molecule has 2 aromatic rings. The van der Waals surface area contributed by atoms with E-state index in [2.05, 4.69) is 27.9 Å². The van der Waals surface area contributed by atoms with Gasteiger partial charge in [0.2, 0.25) is 0 Å². The molecule has 5 heteroatoms. The second-order valence-corrected chi connectivity index (χ2v) is 4.70. The van der Waals surface area contributed by atoms with Crippen LogP contribution in [0.15, 0.2) is 36.4 Å². The number of rotatable bonds is 2. The number of benzene rings is 2. The van der Waals surface area contributed by atoms with Crippen molar-refractivity contribution in [1.29, 1.82) is 0 Å². The molecule has 0 bridgehead atoms. The van der Waals surface area contributed by atoms with E-state index in [9.17, 15) is 8.78 Å². The largest absolute Gasteiger partial charge is 0.397 e. The molecule has 2 nitrogen and oxygen atoms in total. The van der Waals surface area contributed by atoms with E-state index >= 15 is 0 Å². The van der Waals surface area contributed by atoms with Crippen molar-refractivity contribution in [3.63, 3.8) is 0 Å². The van der Waals surface area contributed by atoms with E-state index < -0.39 is 11.6 Å². The van der Waals surface area contributed by atoms with Crippen LogP contribution < -0.4 is 11.1 Å². The Morgan fingerprint density at radius 2 is 1.65 bits per heavy atom. The van der Waals surface area contributed by atoms with Crippen molar-refractivity contribution in [3.8, 4) is 0 Å². The standard InChI is InChI=1S/C12H9F2IN2/c13-9-5-6-10(16)12(11(9)14)17-8-3-1-7(15)2-4-8/h1-6,17H,16H2. The first-order valence-corrected chi connectivity index (χ1v) is 5.92. The van der Waals surface area contributed by atoms with Crippen molar-refractivity contribution < 1.29 is 8.78 Å². The number of nitrogen functional groups attached to an aromatic ring is 1. The van der Waals surface area contributed by atoms with Crippen molar-refractivity contribution in [3.05, 3.63) is 51.6 Å². The van der Waals surface area contributed by atoms with Crippen LogP contribution in [0.2, 0.25) is 0 Å². The van der Waals surface area contributed by atoms with Gasteiger partial charge in [-0.1, -0.05) is 0 Å². The van der Waals surface area contributed by atoms with Gasteiger partial charge >= 0.3 is 0 Å². The van der Waals surface area contributed by atoms with Crippen LogP contribution in [-0.2, 0) is 0 Å². The topological polar surface area (TPSA) is 38.0 Å². The number of hydrogen-bond donors (Lipinski definition) is 2. The number of halogens is 3. The number of hydrogen-bond acceptors (Lipinski definition) is 2. The summed E-state index contributed by atoms with van der Waals surface area (Å²) in [5.41, 5.74) is 6.38. The highest BCUT2D eigenvalue weighted by molar-refractivity contribution is 14.1. The fourth-order valence-corrected chi connectivity index (χ4v) is 1.73. The lowest BCUT2D eigenvalue weighted by molar-refractivity contribution is 0.512. The van der Waals surface area contributed by atoms with E-state index in [4.69, 9.17) is 5.73 Å². The van der Waals surface area contributed by atoms with E-state index in [0.717, 1.165) is 9.64 Å². The van der Waals surface area contributed by atoms with Gasteiger partial charge in [-0.2, -0.15) is 0 Å². The van der Waals surface area contributed by atoms with Crippen LogP contribution >= 0.6 is 22.6 Å². The molecule has 2 rings (SSSR count). The molecule has 0 radical (unpaired) electrons. The molecule has 0 spiro atoms. The highest BCUT2D eigenvalue weighted by atomic mass is 127. The van der Waals surface area contributed by atoms with Crippen LogP contribution in [0, 0.1) is 15.2 Å². The summed E-state index contributed by atoms with van der Waals surface area (Å²) in [5, 5.41) is 2.77. The van der Waals surface area contributed by atoms with Crippen LogP contribution in [0.1, 0.15) is 0 Å². The Morgan fingerprint density at radius 3 is 2.29 bits per heavy atom. The van der Waals surface area contributed by atoms with E-state index in [1.54, 1.807) is 12.1 Å². The molecule has 0 aromatic heterocycles. The smallest absolute Gasteiger partial charge is 0.184 e. The summed E-state index contributed by atoms with van der Waals surface area (Å²) >= 11 is 2.16. The summed E-state index contributed by atoms with van der Waals surface area (Å²) in [4.78, 5) is 0. The highest BCUT2D eigenvalue weighted by Crippen LogP contribution is 2.28. The second-order valence-electron chi connectivity index (χ2n) is 3.46. The molecule has 0 heterocycles. The van der Waals surface area contributed by atoms with Gasteiger partial charge in [0.1, 0.15) is 5.69 Å².